The summed E-state index contributed by atoms with van der Waals surface area (Å²) < 4.78 is 27.8. The van der Waals surface area contributed by atoms with Crippen molar-refractivity contribution in [3.8, 4) is 0 Å². The second kappa shape index (κ2) is 2.36. The molecule has 0 saturated heterocycles. The van der Waals surface area contributed by atoms with Gasteiger partial charge in [0.1, 0.15) is 11.2 Å². The molecule has 1 unspecified atom stereocenters. The molecule has 0 aromatic carbocycles. The maximum absolute atomic E-state index is 13.1. The first-order valence-corrected chi connectivity index (χ1v) is 4.64. The molecule has 1 fully saturated rings. The molecular formula is C10H9F2N3. The summed E-state index contributed by atoms with van der Waals surface area (Å²) in [6.45, 7) is 0. The number of hydrogen-bond donors (Lipinski definition) is 1. The average molecular weight is 209 g/mol. The Morgan fingerprint density at radius 3 is 2.80 bits per heavy atom. The maximum Gasteiger partial charge on any atom is 0.273 e. The van der Waals surface area contributed by atoms with Gasteiger partial charge in [-0.3, -0.25) is 0 Å². The summed E-state index contributed by atoms with van der Waals surface area (Å²) in [5.74, 6) is -2.81. The lowest BCUT2D eigenvalue weighted by Gasteiger charge is -2.09. The van der Waals surface area contributed by atoms with E-state index in [1.807, 2.05) is 0 Å². The van der Waals surface area contributed by atoms with Crippen LogP contribution < -0.4 is 5.73 Å². The van der Waals surface area contributed by atoms with E-state index >= 15 is 0 Å². The number of rotatable bonds is 1. The van der Waals surface area contributed by atoms with Gasteiger partial charge in [0.15, 0.2) is 0 Å². The van der Waals surface area contributed by atoms with E-state index in [4.69, 9.17) is 5.73 Å². The Bertz CT molecular complexity index is 534. The molecule has 0 aliphatic heterocycles. The molecule has 15 heavy (non-hydrogen) atoms. The number of nitrogens with two attached hydrogens (primary N) is 1. The van der Waals surface area contributed by atoms with Gasteiger partial charge in [-0.15, -0.1) is 0 Å². The Hall–Kier alpha value is -1.49. The van der Waals surface area contributed by atoms with Gasteiger partial charge in [0.2, 0.25) is 0 Å². The monoisotopic (exact) mass is 209 g/mol. The van der Waals surface area contributed by atoms with Crippen LogP contribution in [0.3, 0.4) is 0 Å². The Labute approximate surface area is 84.5 Å². The fraction of sp³-hybridized carbons (Fsp3) is 0.300. The Morgan fingerprint density at radius 1 is 1.40 bits per heavy atom. The zero-order valence-electron chi connectivity index (χ0n) is 7.82. The van der Waals surface area contributed by atoms with Gasteiger partial charge in [0.05, 0.1) is 11.9 Å². The van der Waals surface area contributed by atoms with E-state index in [-0.39, 0.29) is 6.42 Å². The normalized spacial score (nSPS) is 28.2. The van der Waals surface area contributed by atoms with E-state index in [1.54, 1.807) is 28.8 Å². The van der Waals surface area contributed by atoms with Gasteiger partial charge in [-0.1, -0.05) is 6.07 Å². The van der Waals surface area contributed by atoms with Crippen molar-refractivity contribution in [2.75, 3.05) is 0 Å². The van der Waals surface area contributed by atoms with Crippen LogP contribution in [0.4, 0.5) is 8.78 Å². The fourth-order valence-corrected chi connectivity index (χ4v) is 1.85. The molecule has 0 radical (unpaired) electrons. The third-order valence-electron chi connectivity index (χ3n) is 2.90. The van der Waals surface area contributed by atoms with Crippen molar-refractivity contribution < 1.29 is 8.78 Å². The molecule has 2 N–H and O–H groups in total. The summed E-state index contributed by atoms with van der Waals surface area (Å²) in [6, 6.07) is 5.33. The summed E-state index contributed by atoms with van der Waals surface area (Å²) in [5, 5.41) is 0. The lowest BCUT2D eigenvalue weighted by atomic mass is 10.2. The number of imidazole rings is 1. The number of nitrogens with zero attached hydrogens (tertiary/aromatic N) is 2. The summed E-state index contributed by atoms with van der Waals surface area (Å²) in [7, 11) is 0. The van der Waals surface area contributed by atoms with Crippen LogP contribution in [0.25, 0.3) is 5.65 Å². The van der Waals surface area contributed by atoms with Crippen LogP contribution in [-0.2, 0) is 5.54 Å². The molecule has 3 rings (SSSR count). The quantitative estimate of drug-likeness (QED) is 0.773. The highest BCUT2D eigenvalue weighted by Gasteiger charge is 2.71. The molecule has 1 saturated carbocycles. The van der Waals surface area contributed by atoms with Gasteiger partial charge in [0, 0.05) is 12.6 Å². The number of fused-ring (bicyclic) bond motifs is 1. The Morgan fingerprint density at radius 2 is 2.13 bits per heavy atom. The summed E-state index contributed by atoms with van der Waals surface area (Å²) in [6.07, 6.45) is 2.82. The van der Waals surface area contributed by atoms with Gasteiger partial charge in [-0.2, -0.15) is 0 Å². The number of halogens is 2. The molecule has 2 aromatic heterocycles. The third kappa shape index (κ3) is 0.982. The highest BCUT2D eigenvalue weighted by Crippen LogP contribution is 2.57. The van der Waals surface area contributed by atoms with Crippen molar-refractivity contribution in [3.63, 3.8) is 0 Å². The fourth-order valence-electron chi connectivity index (χ4n) is 1.85. The first kappa shape index (κ1) is 8.79. The smallest absolute Gasteiger partial charge is 0.273 e. The largest absolute Gasteiger partial charge is 0.315 e. The van der Waals surface area contributed by atoms with Crippen molar-refractivity contribution in [2.24, 2.45) is 5.73 Å². The van der Waals surface area contributed by atoms with Gasteiger partial charge >= 0.3 is 0 Å². The molecule has 0 bridgehead atoms. The topological polar surface area (TPSA) is 43.3 Å². The predicted molar refractivity (Wildman–Crippen MR) is 50.6 cm³/mol. The highest BCUT2D eigenvalue weighted by atomic mass is 19.3. The van der Waals surface area contributed by atoms with Crippen LogP contribution in [0.2, 0.25) is 0 Å². The second-order valence-electron chi connectivity index (χ2n) is 3.92. The maximum atomic E-state index is 13.1. The molecule has 3 nitrogen and oxygen atoms in total. The Kier molecular flexibility index (Phi) is 1.38. The van der Waals surface area contributed by atoms with Gasteiger partial charge < -0.3 is 10.1 Å². The molecule has 2 aromatic rings. The van der Waals surface area contributed by atoms with Gasteiger partial charge in [-0.25, -0.2) is 13.8 Å². The van der Waals surface area contributed by atoms with Crippen LogP contribution in [0, 0.1) is 0 Å². The first-order chi connectivity index (χ1) is 7.05. The zero-order valence-corrected chi connectivity index (χ0v) is 7.82. The van der Waals surface area contributed by atoms with E-state index < -0.39 is 11.5 Å². The lowest BCUT2D eigenvalue weighted by Crippen LogP contribution is -2.28. The van der Waals surface area contributed by atoms with Crippen LogP contribution in [0.1, 0.15) is 12.1 Å². The predicted octanol–water partition coefficient (Wildman–Crippen LogP) is 1.53. The first-order valence-electron chi connectivity index (χ1n) is 4.64. The Balaban J connectivity index is 2.21. The van der Waals surface area contributed by atoms with Crippen molar-refractivity contribution in [2.45, 2.75) is 17.9 Å². The van der Waals surface area contributed by atoms with Crippen molar-refractivity contribution in [1.82, 2.24) is 9.38 Å². The van der Waals surface area contributed by atoms with Crippen molar-refractivity contribution in [3.05, 3.63) is 36.3 Å². The SMILES string of the molecule is NC1(c2cnc3ccccn23)CC1(F)F. The lowest BCUT2D eigenvalue weighted by molar-refractivity contribution is 0.0879. The minimum Gasteiger partial charge on any atom is -0.315 e. The molecule has 5 heteroatoms. The van der Waals surface area contributed by atoms with E-state index in [1.165, 1.54) is 6.20 Å². The molecule has 78 valence electrons. The van der Waals surface area contributed by atoms with Crippen LogP contribution >= 0.6 is 0 Å². The standard InChI is InChI=1S/C10H9F2N3/c11-10(12)6-9(10,13)7-5-14-8-3-1-2-4-15(7)8/h1-5H,6,13H2. The number of hydrogen-bond acceptors (Lipinski definition) is 2. The van der Waals surface area contributed by atoms with Gasteiger partial charge in [-0.05, 0) is 12.1 Å². The third-order valence-corrected chi connectivity index (χ3v) is 2.90. The molecular weight excluding hydrogens is 200 g/mol. The summed E-state index contributed by atoms with van der Waals surface area (Å²) in [4.78, 5) is 4.04. The van der Waals surface area contributed by atoms with Crippen molar-refractivity contribution in [1.29, 1.82) is 0 Å². The number of alkyl halides is 2. The zero-order chi connectivity index (χ0) is 10.7. The van der Waals surface area contributed by atoms with E-state index in [9.17, 15) is 8.78 Å². The molecule has 1 aliphatic rings. The second-order valence-corrected chi connectivity index (χ2v) is 3.92. The van der Waals surface area contributed by atoms with Gasteiger partial charge in [0.25, 0.3) is 5.92 Å². The molecule has 1 atom stereocenters. The number of aromatic nitrogens is 2. The minimum absolute atomic E-state index is 0.303. The van der Waals surface area contributed by atoms with Crippen LogP contribution in [-0.4, -0.2) is 15.3 Å². The molecule has 0 spiro atoms. The molecule has 2 heterocycles. The van der Waals surface area contributed by atoms with E-state index in [2.05, 4.69) is 4.98 Å². The van der Waals surface area contributed by atoms with E-state index in [0.29, 0.717) is 11.3 Å². The summed E-state index contributed by atoms with van der Waals surface area (Å²) in [5.41, 5.74) is 5.13. The average Bonchev–Trinajstić information content (AvgIpc) is 2.61. The van der Waals surface area contributed by atoms with Crippen molar-refractivity contribution >= 4 is 5.65 Å². The van der Waals surface area contributed by atoms with E-state index in [0.717, 1.165) is 0 Å². The molecule has 1 aliphatic carbocycles. The summed E-state index contributed by atoms with van der Waals surface area (Å²) >= 11 is 0. The van der Waals surface area contributed by atoms with Crippen LogP contribution in [0.5, 0.6) is 0 Å². The minimum atomic E-state index is -2.81. The number of pyridine rings is 1. The molecule has 0 amide bonds. The van der Waals surface area contributed by atoms with Crippen LogP contribution in [0.15, 0.2) is 30.6 Å². The highest BCUT2D eigenvalue weighted by molar-refractivity contribution is 5.44.